The fourth-order valence-corrected chi connectivity index (χ4v) is 5.17. The molecule has 0 saturated heterocycles. The summed E-state index contributed by atoms with van der Waals surface area (Å²) in [6, 6.07) is 25.6. The number of benzene rings is 4. The molecule has 0 saturated carbocycles. The van der Waals surface area contributed by atoms with E-state index in [0.29, 0.717) is 23.1 Å². The van der Waals surface area contributed by atoms with Crippen LogP contribution in [0, 0.1) is 13.8 Å². The van der Waals surface area contributed by atoms with Crippen LogP contribution in [0.5, 0.6) is 0 Å². The van der Waals surface area contributed by atoms with Crippen molar-refractivity contribution in [3.8, 4) is 0 Å². The smallest absolute Gasteiger partial charge is 0.343 e. The minimum absolute atomic E-state index is 0.0381. The third kappa shape index (κ3) is 4.57. The van der Waals surface area contributed by atoms with Crippen LogP contribution in [-0.2, 0) is 15.9 Å². The summed E-state index contributed by atoms with van der Waals surface area (Å²) in [6.45, 7) is 5.78. The molecule has 6 rings (SSSR count). The van der Waals surface area contributed by atoms with Crippen LogP contribution in [0.2, 0.25) is 0 Å². The van der Waals surface area contributed by atoms with E-state index in [1.807, 2.05) is 26.8 Å². The third-order valence-corrected chi connectivity index (χ3v) is 7.52. The van der Waals surface area contributed by atoms with E-state index in [0.717, 1.165) is 16.7 Å². The topological polar surface area (TPSA) is 86.7 Å². The van der Waals surface area contributed by atoms with Gasteiger partial charge in [0.1, 0.15) is 0 Å². The van der Waals surface area contributed by atoms with Crippen LogP contribution < -0.4 is 0 Å². The van der Waals surface area contributed by atoms with Crippen LogP contribution in [0.15, 0.2) is 102 Å². The highest BCUT2D eigenvalue weighted by atomic mass is 16.5. The molecule has 0 fully saturated rings. The lowest BCUT2D eigenvalue weighted by Gasteiger charge is -2.29. The molecule has 0 radical (unpaired) electrons. The normalized spacial score (nSPS) is 13.8. The second kappa shape index (κ2) is 10.6. The minimum Gasteiger partial charge on any atom is -0.421 e. The van der Waals surface area contributed by atoms with Gasteiger partial charge in [-0.3, -0.25) is 9.59 Å². The highest BCUT2D eigenvalue weighted by Crippen LogP contribution is 2.45. The summed E-state index contributed by atoms with van der Waals surface area (Å²) in [5.41, 5.74) is 4.33. The molecule has 4 aromatic rings. The maximum absolute atomic E-state index is 14.1. The Morgan fingerprint density at radius 3 is 1.52 bits per heavy atom. The van der Waals surface area contributed by atoms with Crippen molar-refractivity contribution in [1.29, 1.82) is 0 Å². The number of Topliss-reactive ketones (excluding diaryl/α,β-unsaturated/α-hetero) is 2. The van der Waals surface area contributed by atoms with Gasteiger partial charge in [0.15, 0.2) is 23.1 Å². The number of hydrogen-bond donors (Lipinski definition) is 0. The van der Waals surface area contributed by atoms with Gasteiger partial charge in [-0.2, -0.15) is 0 Å². The molecule has 0 aromatic heterocycles. The zero-order chi connectivity index (χ0) is 29.5. The van der Waals surface area contributed by atoms with Crippen molar-refractivity contribution >= 4 is 35.0 Å². The number of esters is 2. The number of carbonyl (C=O) groups excluding carboxylic acids is 4. The molecule has 0 aliphatic heterocycles. The van der Waals surface area contributed by atoms with Crippen molar-refractivity contribution in [3.63, 3.8) is 0 Å². The first-order chi connectivity index (χ1) is 20.3. The van der Waals surface area contributed by atoms with E-state index in [1.54, 1.807) is 84.9 Å². The van der Waals surface area contributed by atoms with Crippen molar-refractivity contribution in [1.82, 2.24) is 0 Å². The maximum atomic E-state index is 14.1. The minimum atomic E-state index is -0.681. The number of allylic oxidation sites excluding steroid dienone is 2. The van der Waals surface area contributed by atoms with E-state index in [-0.39, 0.29) is 39.4 Å². The largest absolute Gasteiger partial charge is 0.421 e. The predicted octanol–water partition coefficient (Wildman–Crippen LogP) is 7.09. The number of carbonyl (C=O) groups is 4. The molecule has 0 N–H and O–H groups in total. The lowest BCUT2D eigenvalue weighted by atomic mass is 9.76. The summed E-state index contributed by atoms with van der Waals surface area (Å²) in [5.74, 6) is -2.44. The number of ketones is 2. The zero-order valence-electron chi connectivity index (χ0n) is 23.3. The van der Waals surface area contributed by atoms with Crippen molar-refractivity contribution in [3.05, 3.63) is 152 Å². The molecule has 2 aliphatic carbocycles. The Bertz CT molecular complexity index is 1870. The van der Waals surface area contributed by atoms with Gasteiger partial charge in [-0.05, 0) is 56.2 Å². The molecule has 42 heavy (non-hydrogen) atoms. The van der Waals surface area contributed by atoms with Gasteiger partial charge in [-0.25, -0.2) is 9.59 Å². The van der Waals surface area contributed by atoms with E-state index >= 15 is 0 Å². The summed E-state index contributed by atoms with van der Waals surface area (Å²) < 4.78 is 11.9. The lowest BCUT2D eigenvalue weighted by Crippen LogP contribution is -2.29. The van der Waals surface area contributed by atoms with Gasteiger partial charge in [0.25, 0.3) is 0 Å². The Morgan fingerprint density at radius 2 is 1.02 bits per heavy atom. The summed E-state index contributed by atoms with van der Waals surface area (Å²) in [5, 5.41) is 0. The van der Waals surface area contributed by atoms with Gasteiger partial charge >= 0.3 is 11.9 Å². The number of aryl methyl sites for hydroxylation is 3. The molecule has 0 spiro atoms. The van der Waals surface area contributed by atoms with Crippen LogP contribution in [0.1, 0.15) is 76.2 Å². The standard InChI is InChI=1S/C36H26O6/c1-4-22-13-18-26-28(19-22)34(42-36(40)24-16-11-21(3)12-17-24)30-29(32(26)38)33(27-8-6-5-7-25(27)31(30)37)41-35(39)23-14-9-20(2)10-15-23/h5-19H,4H2,1-3H3. The van der Waals surface area contributed by atoms with Crippen molar-refractivity contribution < 1.29 is 28.7 Å². The Hall–Kier alpha value is -5.36. The highest BCUT2D eigenvalue weighted by molar-refractivity contribution is 6.34. The third-order valence-electron chi connectivity index (χ3n) is 7.52. The van der Waals surface area contributed by atoms with Crippen molar-refractivity contribution in [2.45, 2.75) is 27.2 Å². The molecule has 206 valence electrons. The van der Waals surface area contributed by atoms with E-state index in [1.165, 1.54) is 0 Å². The van der Waals surface area contributed by atoms with E-state index in [2.05, 4.69) is 0 Å². The van der Waals surface area contributed by atoms with Crippen molar-refractivity contribution in [2.24, 2.45) is 0 Å². The number of fused-ring (bicyclic) bond motifs is 3. The SMILES string of the molecule is CCc1ccc2c(c1)C(OC(=O)c1ccc(C)cc1)=C1C(=O)c3ccccc3C(OC(=O)c3ccc(C)cc3)=C1C2=O. The van der Waals surface area contributed by atoms with Gasteiger partial charge in [0.2, 0.25) is 0 Å². The van der Waals surface area contributed by atoms with Gasteiger partial charge in [-0.15, -0.1) is 0 Å². The van der Waals surface area contributed by atoms with Crippen molar-refractivity contribution in [2.75, 3.05) is 0 Å². The van der Waals surface area contributed by atoms with Gasteiger partial charge < -0.3 is 9.47 Å². The van der Waals surface area contributed by atoms with Crippen LogP contribution in [0.25, 0.3) is 11.5 Å². The molecule has 0 heterocycles. The average Bonchev–Trinajstić information content (AvgIpc) is 3.01. The average molecular weight is 555 g/mol. The first kappa shape index (κ1) is 26.8. The molecule has 4 aromatic carbocycles. The Kier molecular flexibility index (Phi) is 6.75. The zero-order valence-corrected chi connectivity index (χ0v) is 23.3. The quantitative estimate of drug-likeness (QED) is 0.245. The molecule has 6 nitrogen and oxygen atoms in total. The van der Waals surface area contributed by atoms with Crippen LogP contribution >= 0.6 is 0 Å². The van der Waals surface area contributed by atoms with E-state index in [4.69, 9.17) is 9.47 Å². The maximum Gasteiger partial charge on any atom is 0.343 e. The summed E-state index contributed by atoms with van der Waals surface area (Å²) in [4.78, 5) is 55.0. The first-order valence-electron chi connectivity index (χ1n) is 13.7. The molecule has 0 bridgehead atoms. The molecule has 0 atom stereocenters. The van der Waals surface area contributed by atoms with Gasteiger partial charge in [0, 0.05) is 22.3 Å². The second-order valence-corrected chi connectivity index (χ2v) is 10.4. The lowest BCUT2D eigenvalue weighted by molar-refractivity contribution is 0.0671. The molecule has 2 aliphatic rings. The number of ether oxygens (including phenoxy) is 2. The monoisotopic (exact) mass is 554 g/mol. The summed E-state index contributed by atoms with van der Waals surface area (Å²) >= 11 is 0. The molecular weight excluding hydrogens is 528 g/mol. The second-order valence-electron chi connectivity index (χ2n) is 10.4. The first-order valence-corrected chi connectivity index (χ1v) is 13.7. The number of hydrogen-bond acceptors (Lipinski definition) is 6. The van der Waals surface area contributed by atoms with Crippen LogP contribution in [0.4, 0.5) is 0 Å². The number of rotatable bonds is 5. The Balaban J connectivity index is 1.59. The molecule has 0 unspecified atom stereocenters. The van der Waals surface area contributed by atoms with E-state index in [9.17, 15) is 19.2 Å². The summed E-state index contributed by atoms with van der Waals surface area (Å²) in [7, 11) is 0. The van der Waals surface area contributed by atoms with Gasteiger partial charge in [0.05, 0.1) is 22.3 Å². The Labute approximate surface area is 242 Å². The van der Waals surface area contributed by atoms with E-state index < -0.39 is 23.5 Å². The Morgan fingerprint density at radius 1 is 0.571 bits per heavy atom. The van der Waals surface area contributed by atoms with Crippen LogP contribution in [-0.4, -0.2) is 23.5 Å². The predicted molar refractivity (Wildman–Crippen MR) is 158 cm³/mol. The highest BCUT2D eigenvalue weighted by Gasteiger charge is 2.43. The fourth-order valence-electron chi connectivity index (χ4n) is 5.17. The fraction of sp³-hybridized carbons (Fsp3) is 0.111. The van der Waals surface area contributed by atoms with Gasteiger partial charge in [-0.1, -0.05) is 78.7 Å². The molecule has 0 amide bonds. The molecular formula is C36H26O6. The summed E-state index contributed by atoms with van der Waals surface area (Å²) in [6.07, 6.45) is 0.662. The van der Waals surface area contributed by atoms with Crippen LogP contribution in [0.3, 0.4) is 0 Å². The molecule has 6 heteroatoms.